The quantitative estimate of drug-likeness (QED) is 0.813. The SMILES string of the molecule is CCN(CC(=O)N(C)C)C(=O)c1cc[nH]c(=O)c1. The molecular weight excluding hydrogens is 234 g/mol. The molecule has 6 heteroatoms. The summed E-state index contributed by atoms with van der Waals surface area (Å²) < 4.78 is 0. The summed E-state index contributed by atoms with van der Waals surface area (Å²) in [4.78, 5) is 40.1. The Balaban J connectivity index is 2.86. The Morgan fingerprint density at radius 3 is 2.50 bits per heavy atom. The Bertz CT molecular complexity index is 493. The second kappa shape index (κ2) is 6.00. The van der Waals surface area contributed by atoms with Crippen LogP contribution in [-0.4, -0.2) is 53.8 Å². The topological polar surface area (TPSA) is 73.5 Å². The van der Waals surface area contributed by atoms with Gasteiger partial charge in [0, 0.05) is 38.5 Å². The largest absolute Gasteiger partial charge is 0.347 e. The van der Waals surface area contributed by atoms with Crippen LogP contribution in [0.4, 0.5) is 0 Å². The fourth-order valence-electron chi connectivity index (χ4n) is 1.39. The average Bonchev–Trinajstić information content (AvgIpc) is 2.34. The van der Waals surface area contributed by atoms with Gasteiger partial charge in [0.15, 0.2) is 0 Å². The molecule has 1 heterocycles. The van der Waals surface area contributed by atoms with Gasteiger partial charge in [0.25, 0.3) is 5.91 Å². The van der Waals surface area contributed by atoms with Gasteiger partial charge >= 0.3 is 0 Å². The number of amides is 2. The number of nitrogens with one attached hydrogen (secondary N) is 1. The smallest absolute Gasteiger partial charge is 0.254 e. The van der Waals surface area contributed by atoms with E-state index in [9.17, 15) is 14.4 Å². The number of nitrogens with zero attached hydrogens (tertiary/aromatic N) is 2. The van der Waals surface area contributed by atoms with Crippen molar-refractivity contribution in [2.45, 2.75) is 6.92 Å². The highest BCUT2D eigenvalue weighted by Crippen LogP contribution is 2.02. The van der Waals surface area contributed by atoms with E-state index in [0.29, 0.717) is 6.54 Å². The van der Waals surface area contributed by atoms with Gasteiger partial charge in [-0.15, -0.1) is 0 Å². The minimum Gasteiger partial charge on any atom is -0.347 e. The maximum absolute atomic E-state index is 12.1. The molecule has 0 spiro atoms. The van der Waals surface area contributed by atoms with Crippen LogP contribution in [0.25, 0.3) is 0 Å². The number of hydrogen-bond acceptors (Lipinski definition) is 3. The first-order valence-corrected chi connectivity index (χ1v) is 5.64. The van der Waals surface area contributed by atoms with E-state index in [1.165, 1.54) is 28.1 Å². The molecular formula is C12H17N3O3. The van der Waals surface area contributed by atoms with Crippen LogP contribution in [0.1, 0.15) is 17.3 Å². The molecule has 0 atom stereocenters. The number of rotatable bonds is 4. The van der Waals surface area contributed by atoms with Crippen LogP contribution in [0.15, 0.2) is 23.1 Å². The third kappa shape index (κ3) is 3.44. The lowest BCUT2D eigenvalue weighted by Gasteiger charge is -2.22. The number of H-pyrrole nitrogens is 1. The first kappa shape index (κ1) is 14.0. The van der Waals surface area contributed by atoms with Gasteiger partial charge in [0.2, 0.25) is 11.5 Å². The zero-order valence-electron chi connectivity index (χ0n) is 10.8. The third-order valence-corrected chi connectivity index (χ3v) is 2.52. The average molecular weight is 251 g/mol. The Kier molecular flexibility index (Phi) is 4.65. The second-order valence-corrected chi connectivity index (χ2v) is 4.05. The molecule has 2 amide bonds. The lowest BCUT2D eigenvalue weighted by molar-refractivity contribution is -0.129. The molecule has 18 heavy (non-hydrogen) atoms. The van der Waals surface area contributed by atoms with Crippen LogP contribution >= 0.6 is 0 Å². The van der Waals surface area contributed by atoms with Crippen molar-refractivity contribution >= 4 is 11.8 Å². The molecule has 1 rings (SSSR count). The van der Waals surface area contributed by atoms with Crippen molar-refractivity contribution in [1.29, 1.82) is 0 Å². The monoisotopic (exact) mass is 251 g/mol. The van der Waals surface area contributed by atoms with Gasteiger partial charge < -0.3 is 14.8 Å². The van der Waals surface area contributed by atoms with E-state index in [2.05, 4.69) is 4.98 Å². The molecule has 1 aromatic rings. The number of pyridine rings is 1. The second-order valence-electron chi connectivity index (χ2n) is 4.05. The van der Waals surface area contributed by atoms with Gasteiger partial charge in [-0.3, -0.25) is 14.4 Å². The molecule has 1 aromatic heterocycles. The van der Waals surface area contributed by atoms with Gasteiger partial charge in [0.05, 0.1) is 6.54 Å². The van der Waals surface area contributed by atoms with E-state index in [1.54, 1.807) is 21.0 Å². The highest BCUT2D eigenvalue weighted by Gasteiger charge is 2.18. The number of hydrogen-bond donors (Lipinski definition) is 1. The van der Waals surface area contributed by atoms with Crippen molar-refractivity contribution in [3.63, 3.8) is 0 Å². The number of aromatic nitrogens is 1. The third-order valence-electron chi connectivity index (χ3n) is 2.52. The molecule has 0 saturated heterocycles. The van der Waals surface area contributed by atoms with E-state index in [-0.39, 0.29) is 29.5 Å². The van der Waals surface area contributed by atoms with Gasteiger partial charge in [-0.2, -0.15) is 0 Å². The molecule has 0 aliphatic rings. The molecule has 0 fully saturated rings. The van der Waals surface area contributed by atoms with E-state index in [4.69, 9.17) is 0 Å². The molecule has 0 unspecified atom stereocenters. The van der Waals surface area contributed by atoms with Crippen LogP contribution in [-0.2, 0) is 4.79 Å². The first-order valence-electron chi connectivity index (χ1n) is 5.64. The van der Waals surface area contributed by atoms with Crippen LogP contribution in [0.2, 0.25) is 0 Å². The van der Waals surface area contributed by atoms with Crippen molar-refractivity contribution in [3.8, 4) is 0 Å². The molecule has 1 N–H and O–H groups in total. The van der Waals surface area contributed by atoms with Crippen LogP contribution in [0.5, 0.6) is 0 Å². The lowest BCUT2D eigenvalue weighted by atomic mass is 10.2. The minimum absolute atomic E-state index is 0.00906. The molecule has 0 bridgehead atoms. The zero-order chi connectivity index (χ0) is 13.7. The van der Waals surface area contributed by atoms with Crippen molar-refractivity contribution in [2.24, 2.45) is 0 Å². The summed E-state index contributed by atoms with van der Waals surface area (Å²) in [7, 11) is 3.27. The van der Waals surface area contributed by atoms with Crippen molar-refractivity contribution in [3.05, 3.63) is 34.2 Å². The van der Waals surface area contributed by atoms with Crippen LogP contribution in [0.3, 0.4) is 0 Å². The molecule has 0 aliphatic carbocycles. The highest BCUT2D eigenvalue weighted by molar-refractivity contribution is 5.96. The van der Waals surface area contributed by atoms with E-state index >= 15 is 0 Å². The number of carbonyl (C=O) groups excluding carboxylic acids is 2. The number of aromatic amines is 1. The van der Waals surface area contributed by atoms with E-state index in [1.807, 2.05) is 0 Å². The summed E-state index contributed by atoms with van der Waals surface area (Å²) in [5.74, 6) is -0.478. The Morgan fingerprint density at radius 2 is 2.00 bits per heavy atom. The van der Waals surface area contributed by atoms with Gasteiger partial charge in [-0.05, 0) is 13.0 Å². The summed E-state index contributed by atoms with van der Waals surface area (Å²) in [6.45, 7) is 2.20. The molecule has 0 saturated carbocycles. The maximum atomic E-state index is 12.1. The van der Waals surface area contributed by atoms with Crippen LogP contribution < -0.4 is 5.56 Å². The number of likely N-dealkylation sites (N-methyl/N-ethyl adjacent to an activating group) is 2. The summed E-state index contributed by atoms with van der Waals surface area (Å²) in [6.07, 6.45) is 1.41. The minimum atomic E-state index is -0.337. The Hall–Kier alpha value is -2.11. The lowest BCUT2D eigenvalue weighted by Crippen LogP contribution is -2.40. The summed E-state index contributed by atoms with van der Waals surface area (Å²) >= 11 is 0. The summed E-state index contributed by atoms with van der Waals surface area (Å²) in [5, 5.41) is 0. The van der Waals surface area contributed by atoms with Crippen LogP contribution in [0, 0.1) is 0 Å². The molecule has 98 valence electrons. The fourth-order valence-corrected chi connectivity index (χ4v) is 1.39. The summed E-state index contributed by atoms with van der Waals surface area (Å²) in [5.41, 5.74) is -0.0528. The molecule has 0 aliphatic heterocycles. The van der Waals surface area contributed by atoms with Crippen molar-refractivity contribution in [2.75, 3.05) is 27.2 Å². The molecule has 0 radical (unpaired) electrons. The van der Waals surface area contributed by atoms with E-state index in [0.717, 1.165) is 0 Å². The van der Waals surface area contributed by atoms with Gasteiger partial charge in [-0.1, -0.05) is 0 Å². The van der Waals surface area contributed by atoms with Crippen molar-refractivity contribution < 1.29 is 9.59 Å². The summed E-state index contributed by atoms with van der Waals surface area (Å²) in [6, 6.07) is 2.75. The predicted octanol–water partition coefficient (Wildman–Crippen LogP) is -0.0748. The Labute approximate surface area is 105 Å². The fraction of sp³-hybridized carbons (Fsp3) is 0.417. The predicted molar refractivity (Wildman–Crippen MR) is 67.3 cm³/mol. The van der Waals surface area contributed by atoms with Gasteiger partial charge in [0.1, 0.15) is 0 Å². The van der Waals surface area contributed by atoms with E-state index < -0.39 is 0 Å². The molecule has 6 nitrogen and oxygen atoms in total. The maximum Gasteiger partial charge on any atom is 0.254 e. The molecule has 0 aromatic carbocycles. The normalized spacial score (nSPS) is 9.94. The van der Waals surface area contributed by atoms with Crippen molar-refractivity contribution in [1.82, 2.24) is 14.8 Å². The Morgan fingerprint density at radius 1 is 1.33 bits per heavy atom. The standard InChI is InChI=1S/C12H17N3O3/c1-4-15(8-11(17)14(2)3)12(18)9-5-6-13-10(16)7-9/h5-7H,4,8H2,1-3H3,(H,13,16). The highest BCUT2D eigenvalue weighted by atomic mass is 16.2. The zero-order valence-corrected chi connectivity index (χ0v) is 10.8. The first-order chi connectivity index (χ1) is 8.45. The number of carbonyl (C=O) groups is 2. The van der Waals surface area contributed by atoms with Gasteiger partial charge in [-0.25, -0.2) is 0 Å².